The van der Waals surface area contributed by atoms with Gasteiger partial charge in [-0.1, -0.05) is 24.3 Å². The second kappa shape index (κ2) is 9.76. The molecule has 0 bridgehead atoms. The van der Waals surface area contributed by atoms with Crippen molar-refractivity contribution in [3.8, 4) is 11.5 Å². The Bertz CT molecular complexity index is 848. The molecule has 0 radical (unpaired) electrons. The van der Waals surface area contributed by atoms with Crippen molar-refractivity contribution in [2.75, 3.05) is 12.4 Å². The number of hydrogen-bond donors (Lipinski definition) is 3. The van der Waals surface area contributed by atoms with Gasteiger partial charge in [-0.2, -0.15) is 5.10 Å². The quantitative estimate of drug-likeness (QED) is 0.289. The molecule has 0 saturated carbocycles. The van der Waals surface area contributed by atoms with E-state index in [0.717, 1.165) is 0 Å². The number of allylic oxidation sites excluding steroid dienone is 1. The molecule has 0 aliphatic heterocycles. The van der Waals surface area contributed by atoms with Crippen LogP contribution in [0.5, 0.6) is 11.5 Å². The molecule has 0 unspecified atom stereocenters. The van der Waals surface area contributed by atoms with Gasteiger partial charge < -0.3 is 15.2 Å². The fraction of sp³-hybridized carbons (Fsp3) is 0.150. The maximum atomic E-state index is 11.8. The van der Waals surface area contributed by atoms with Crippen LogP contribution in [-0.2, 0) is 16.0 Å². The van der Waals surface area contributed by atoms with Gasteiger partial charge in [0.1, 0.15) is 6.42 Å². The Hall–Kier alpha value is -3.61. The molecule has 7 nitrogen and oxygen atoms in total. The number of benzene rings is 2. The Morgan fingerprint density at radius 3 is 2.63 bits per heavy atom. The average molecular weight is 367 g/mol. The molecule has 27 heavy (non-hydrogen) atoms. The molecule has 0 heterocycles. The molecular formula is C20H21N3O4. The van der Waals surface area contributed by atoms with E-state index in [-0.39, 0.29) is 12.2 Å². The van der Waals surface area contributed by atoms with Gasteiger partial charge in [0, 0.05) is 11.3 Å². The maximum absolute atomic E-state index is 11.8. The first kappa shape index (κ1) is 19.7. The van der Waals surface area contributed by atoms with Crippen LogP contribution in [0.1, 0.15) is 17.5 Å². The zero-order valence-electron chi connectivity index (χ0n) is 14.9. The van der Waals surface area contributed by atoms with E-state index < -0.39 is 11.8 Å². The van der Waals surface area contributed by atoms with E-state index in [9.17, 15) is 14.7 Å². The van der Waals surface area contributed by atoms with E-state index in [0.29, 0.717) is 29.0 Å². The molecule has 2 aromatic rings. The molecule has 0 spiro atoms. The number of phenolic OH excluding ortho intramolecular Hbond substituents is 1. The van der Waals surface area contributed by atoms with E-state index in [1.165, 1.54) is 13.3 Å². The third kappa shape index (κ3) is 6.00. The van der Waals surface area contributed by atoms with Crippen LogP contribution in [0, 0.1) is 0 Å². The molecule has 0 saturated heterocycles. The number of carbonyl (C=O) groups is 2. The summed E-state index contributed by atoms with van der Waals surface area (Å²) in [7, 11) is 1.45. The first-order chi connectivity index (χ1) is 13.0. The second-order valence-electron chi connectivity index (χ2n) is 5.61. The van der Waals surface area contributed by atoms with Crippen LogP contribution < -0.4 is 15.5 Å². The van der Waals surface area contributed by atoms with E-state index >= 15 is 0 Å². The van der Waals surface area contributed by atoms with Crippen molar-refractivity contribution in [3.63, 3.8) is 0 Å². The minimum Gasteiger partial charge on any atom is -0.504 e. The van der Waals surface area contributed by atoms with Crippen LogP contribution in [0.2, 0.25) is 0 Å². The molecule has 3 N–H and O–H groups in total. The van der Waals surface area contributed by atoms with Gasteiger partial charge >= 0.3 is 0 Å². The van der Waals surface area contributed by atoms with Crippen molar-refractivity contribution in [2.45, 2.75) is 12.8 Å². The van der Waals surface area contributed by atoms with Crippen LogP contribution in [0.3, 0.4) is 0 Å². The van der Waals surface area contributed by atoms with Gasteiger partial charge in [0.2, 0.25) is 11.8 Å². The Morgan fingerprint density at radius 2 is 1.96 bits per heavy atom. The topological polar surface area (TPSA) is 100 Å². The summed E-state index contributed by atoms with van der Waals surface area (Å²) >= 11 is 0. The van der Waals surface area contributed by atoms with Crippen LogP contribution in [0.25, 0.3) is 0 Å². The number of carbonyl (C=O) groups excluding carboxylic acids is 2. The van der Waals surface area contributed by atoms with E-state index in [4.69, 9.17) is 4.74 Å². The highest BCUT2D eigenvalue weighted by atomic mass is 16.5. The number of nitrogens with one attached hydrogen (secondary N) is 2. The average Bonchev–Trinajstić information content (AvgIpc) is 2.65. The van der Waals surface area contributed by atoms with Gasteiger partial charge in [0.15, 0.2) is 11.5 Å². The number of aromatic hydroxyl groups is 1. The standard InChI is InChI=1S/C20H21N3O4/c1-3-7-15-10-14(11-17(27-2)20(15)26)13-21-23-19(25)12-18(24)22-16-8-5-4-6-9-16/h3-6,8-11,13,26H,1,7,12H2,2H3,(H,22,24)(H,23,25)/b21-13+. The van der Waals surface area contributed by atoms with Crippen LogP contribution >= 0.6 is 0 Å². The van der Waals surface area contributed by atoms with Gasteiger partial charge in [0.25, 0.3) is 0 Å². The smallest absolute Gasteiger partial charge is 0.249 e. The van der Waals surface area contributed by atoms with Crippen LogP contribution in [-0.4, -0.2) is 30.2 Å². The minimum atomic E-state index is -0.545. The summed E-state index contributed by atoms with van der Waals surface area (Å²) in [5.41, 5.74) is 4.16. The van der Waals surface area contributed by atoms with Crippen molar-refractivity contribution >= 4 is 23.7 Å². The summed E-state index contributed by atoms with van der Waals surface area (Å²) in [6.45, 7) is 3.64. The molecule has 0 aromatic heterocycles. The fourth-order valence-corrected chi connectivity index (χ4v) is 2.32. The molecule has 2 aromatic carbocycles. The van der Waals surface area contributed by atoms with Gasteiger partial charge in [-0.15, -0.1) is 6.58 Å². The first-order valence-electron chi connectivity index (χ1n) is 8.21. The van der Waals surface area contributed by atoms with Crippen molar-refractivity contribution in [3.05, 3.63) is 66.2 Å². The fourth-order valence-electron chi connectivity index (χ4n) is 2.32. The van der Waals surface area contributed by atoms with Gasteiger partial charge in [-0.3, -0.25) is 9.59 Å². The molecule has 0 aliphatic carbocycles. The number of ether oxygens (including phenoxy) is 1. The van der Waals surface area contributed by atoms with Gasteiger partial charge in [-0.25, -0.2) is 5.43 Å². The highest BCUT2D eigenvalue weighted by molar-refractivity contribution is 6.03. The number of hydrazone groups is 1. The zero-order chi connectivity index (χ0) is 19.6. The first-order valence-corrected chi connectivity index (χ1v) is 8.21. The predicted octanol–water partition coefficient (Wildman–Crippen LogP) is 2.61. The third-order valence-corrected chi connectivity index (χ3v) is 3.54. The summed E-state index contributed by atoms with van der Waals surface area (Å²) < 4.78 is 5.12. The molecule has 7 heteroatoms. The van der Waals surface area contributed by atoms with E-state index in [1.54, 1.807) is 42.5 Å². The number of phenols is 1. The number of para-hydroxylation sites is 1. The normalized spacial score (nSPS) is 10.4. The highest BCUT2D eigenvalue weighted by Crippen LogP contribution is 2.31. The molecule has 2 rings (SSSR count). The molecular weight excluding hydrogens is 346 g/mol. The van der Waals surface area contributed by atoms with Crippen molar-refractivity contribution in [1.82, 2.24) is 5.43 Å². The highest BCUT2D eigenvalue weighted by Gasteiger charge is 2.10. The minimum absolute atomic E-state index is 0.0381. The lowest BCUT2D eigenvalue weighted by atomic mass is 10.1. The van der Waals surface area contributed by atoms with Gasteiger partial charge in [0.05, 0.1) is 13.3 Å². The van der Waals surface area contributed by atoms with Crippen molar-refractivity contribution < 1.29 is 19.4 Å². The molecule has 0 fully saturated rings. The lowest BCUT2D eigenvalue weighted by molar-refractivity contribution is -0.126. The Labute approximate surface area is 157 Å². The Balaban J connectivity index is 1.94. The summed E-state index contributed by atoms with van der Waals surface area (Å²) in [5, 5.41) is 16.5. The number of anilines is 1. The number of nitrogens with zero attached hydrogens (tertiary/aromatic N) is 1. The summed E-state index contributed by atoms with van der Waals surface area (Å²) in [6, 6.07) is 12.1. The largest absolute Gasteiger partial charge is 0.504 e. The summed E-state index contributed by atoms with van der Waals surface area (Å²) in [5.74, 6) is -0.647. The molecule has 140 valence electrons. The number of methoxy groups -OCH3 is 1. The number of hydrogen-bond acceptors (Lipinski definition) is 5. The Morgan fingerprint density at radius 1 is 1.22 bits per heavy atom. The van der Waals surface area contributed by atoms with Crippen LogP contribution in [0.15, 0.2) is 60.2 Å². The number of amides is 2. The van der Waals surface area contributed by atoms with E-state index in [2.05, 4.69) is 22.4 Å². The van der Waals surface area contributed by atoms with Crippen molar-refractivity contribution in [2.24, 2.45) is 5.10 Å². The molecule has 2 amide bonds. The Kier molecular flexibility index (Phi) is 7.13. The zero-order valence-corrected chi connectivity index (χ0v) is 14.9. The lowest BCUT2D eigenvalue weighted by Gasteiger charge is -2.09. The SMILES string of the molecule is C=CCc1cc(/C=N/NC(=O)CC(=O)Nc2ccccc2)cc(OC)c1O. The third-order valence-electron chi connectivity index (χ3n) is 3.54. The number of rotatable bonds is 8. The molecule has 0 aliphatic rings. The molecule has 0 atom stereocenters. The van der Waals surface area contributed by atoms with Crippen LogP contribution in [0.4, 0.5) is 5.69 Å². The second-order valence-corrected chi connectivity index (χ2v) is 5.61. The van der Waals surface area contributed by atoms with E-state index in [1.807, 2.05) is 6.07 Å². The maximum Gasteiger partial charge on any atom is 0.249 e. The summed E-state index contributed by atoms with van der Waals surface area (Å²) in [4.78, 5) is 23.6. The monoisotopic (exact) mass is 367 g/mol. The van der Waals surface area contributed by atoms with Crippen molar-refractivity contribution in [1.29, 1.82) is 0 Å². The predicted molar refractivity (Wildman–Crippen MR) is 104 cm³/mol. The van der Waals surface area contributed by atoms with Gasteiger partial charge in [-0.05, 0) is 36.2 Å². The lowest BCUT2D eigenvalue weighted by Crippen LogP contribution is -2.24. The summed E-state index contributed by atoms with van der Waals surface area (Å²) in [6.07, 6.45) is 3.16.